The number of alkyl halides is 3. The van der Waals surface area contributed by atoms with Crippen LogP contribution in [0.25, 0.3) is 0 Å². The Balaban J connectivity index is 1.41. The van der Waals surface area contributed by atoms with E-state index in [9.17, 15) is 18.0 Å². The lowest BCUT2D eigenvalue weighted by Crippen LogP contribution is -2.38. The van der Waals surface area contributed by atoms with Gasteiger partial charge in [-0.25, -0.2) is 4.68 Å². The number of halogens is 3. The van der Waals surface area contributed by atoms with Gasteiger partial charge >= 0.3 is 6.18 Å². The maximum absolute atomic E-state index is 13.7. The second-order valence-electron chi connectivity index (χ2n) is 7.82. The maximum atomic E-state index is 13.7. The molecule has 4 rings (SSSR count). The van der Waals surface area contributed by atoms with Crippen LogP contribution in [0.15, 0.2) is 36.4 Å². The van der Waals surface area contributed by atoms with Crippen molar-refractivity contribution < 1.29 is 22.7 Å². The number of carbonyl (C=O) groups is 1. The lowest BCUT2D eigenvalue weighted by atomic mass is 9.97. The van der Waals surface area contributed by atoms with Crippen molar-refractivity contribution in [1.82, 2.24) is 20.0 Å². The van der Waals surface area contributed by atoms with Crippen LogP contribution < -0.4 is 10.6 Å². The molecule has 0 unspecified atom stereocenters. The Kier molecular flexibility index (Phi) is 6.47. The zero-order valence-corrected chi connectivity index (χ0v) is 17.1. The van der Waals surface area contributed by atoms with E-state index in [-0.39, 0.29) is 17.9 Å². The molecule has 0 spiro atoms. The van der Waals surface area contributed by atoms with Gasteiger partial charge in [-0.15, -0.1) is 0 Å². The van der Waals surface area contributed by atoms with E-state index in [1.807, 2.05) is 6.07 Å². The number of nitrogens with one attached hydrogen (secondary N) is 2. The number of rotatable bonds is 6. The van der Waals surface area contributed by atoms with Gasteiger partial charge in [0.25, 0.3) is 5.91 Å². The predicted molar refractivity (Wildman–Crippen MR) is 109 cm³/mol. The summed E-state index contributed by atoms with van der Waals surface area (Å²) in [5, 5.41) is 9.86. The summed E-state index contributed by atoms with van der Waals surface area (Å²) < 4.78 is 47.4. The van der Waals surface area contributed by atoms with Crippen molar-refractivity contribution in [2.24, 2.45) is 0 Å². The van der Waals surface area contributed by atoms with Crippen molar-refractivity contribution >= 4 is 11.7 Å². The largest absolute Gasteiger partial charge is 0.410 e. The average molecular weight is 437 g/mol. The predicted octanol–water partition coefficient (Wildman–Crippen LogP) is 3.00. The molecule has 3 heterocycles. The lowest BCUT2D eigenvalue weighted by Gasteiger charge is -2.33. The van der Waals surface area contributed by atoms with Crippen molar-refractivity contribution in [2.45, 2.75) is 31.1 Å². The van der Waals surface area contributed by atoms with Gasteiger partial charge in [-0.2, -0.15) is 18.3 Å². The average Bonchev–Trinajstić information content (AvgIpc) is 3.21. The molecule has 1 aromatic carbocycles. The minimum absolute atomic E-state index is 0.0168. The first-order chi connectivity index (χ1) is 14.9. The minimum Gasteiger partial charge on any atom is -0.379 e. The summed E-state index contributed by atoms with van der Waals surface area (Å²) in [6.45, 7) is 4.43. The third kappa shape index (κ3) is 5.19. The number of nitrogens with zero attached hydrogens (tertiary/aromatic N) is 3. The Bertz CT molecular complexity index is 881. The minimum atomic E-state index is -4.47. The van der Waals surface area contributed by atoms with Crippen molar-refractivity contribution in [3.05, 3.63) is 47.7 Å². The van der Waals surface area contributed by atoms with E-state index in [1.54, 1.807) is 24.3 Å². The number of amides is 1. The Morgan fingerprint density at radius 1 is 1.23 bits per heavy atom. The Morgan fingerprint density at radius 2 is 1.97 bits per heavy atom. The van der Waals surface area contributed by atoms with Crippen molar-refractivity contribution in [3.8, 4) is 0 Å². The molecule has 1 aromatic heterocycles. The summed E-state index contributed by atoms with van der Waals surface area (Å²) in [6.07, 6.45) is -3.91. The number of ether oxygens (including phenoxy) is 1. The molecule has 2 atom stereocenters. The second-order valence-corrected chi connectivity index (χ2v) is 7.82. The molecule has 0 radical (unpaired) electrons. The summed E-state index contributed by atoms with van der Waals surface area (Å²) in [4.78, 5) is 14.7. The highest BCUT2D eigenvalue weighted by molar-refractivity contribution is 5.93. The molecule has 1 amide bonds. The second kappa shape index (κ2) is 9.27. The Hall–Kier alpha value is -2.59. The molecule has 7 nitrogen and oxygen atoms in total. The van der Waals surface area contributed by atoms with E-state index in [0.717, 1.165) is 36.3 Å². The van der Waals surface area contributed by atoms with Gasteiger partial charge in [0.05, 0.1) is 19.3 Å². The van der Waals surface area contributed by atoms with Crippen LogP contribution >= 0.6 is 0 Å². The number of fused-ring (bicyclic) bond motifs is 1. The topological polar surface area (TPSA) is 71.4 Å². The summed E-state index contributed by atoms with van der Waals surface area (Å²) in [7, 11) is 0. The van der Waals surface area contributed by atoms with E-state index in [0.29, 0.717) is 19.8 Å². The molecule has 2 aromatic rings. The quantitative estimate of drug-likeness (QED) is 0.680. The van der Waals surface area contributed by atoms with Gasteiger partial charge in [0.1, 0.15) is 5.82 Å². The van der Waals surface area contributed by atoms with Gasteiger partial charge < -0.3 is 15.4 Å². The van der Waals surface area contributed by atoms with Crippen molar-refractivity contribution in [3.63, 3.8) is 0 Å². The fourth-order valence-corrected chi connectivity index (χ4v) is 4.01. The maximum Gasteiger partial charge on any atom is 0.410 e. The fourth-order valence-electron chi connectivity index (χ4n) is 4.01. The highest BCUT2D eigenvalue weighted by Crippen LogP contribution is 2.43. The number of aromatic nitrogens is 2. The summed E-state index contributed by atoms with van der Waals surface area (Å²) in [5.41, 5.74) is 0.746. The van der Waals surface area contributed by atoms with Crippen LogP contribution in [-0.4, -0.2) is 66.2 Å². The molecule has 0 saturated carbocycles. The monoisotopic (exact) mass is 437 g/mol. The molecule has 1 saturated heterocycles. The Morgan fingerprint density at radius 3 is 2.68 bits per heavy atom. The third-order valence-corrected chi connectivity index (χ3v) is 5.66. The van der Waals surface area contributed by atoms with Gasteiger partial charge in [0.2, 0.25) is 0 Å². The molecule has 0 aliphatic carbocycles. The number of hydrogen-bond donors (Lipinski definition) is 2. The molecule has 0 bridgehead atoms. The van der Waals surface area contributed by atoms with Crippen LogP contribution in [0.4, 0.5) is 19.0 Å². The summed E-state index contributed by atoms with van der Waals surface area (Å²) in [5.74, 6) is -0.274. The van der Waals surface area contributed by atoms with Gasteiger partial charge in [-0.1, -0.05) is 30.3 Å². The molecule has 31 heavy (non-hydrogen) atoms. The van der Waals surface area contributed by atoms with Crippen LogP contribution in [0.2, 0.25) is 0 Å². The molecule has 2 N–H and O–H groups in total. The van der Waals surface area contributed by atoms with Gasteiger partial charge in [0, 0.05) is 32.1 Å². The van der Waals surface area contributed by atoms with Crippen LogP contribution in [-0.2, 0) is 4.74 Å². The molecule has 168 valence electrons. The number of carbonyl (C=O) groups excluding carboxylic acids is 1. The molecule has 10 heteroatoms. The van der Waals surface area contributed by atoms with Gasteiger partial charge in [-0.05, 0) is 18.5 Å². The Labute approximate surface area is 178 Å². The number of morpholine rings is 1. The van der Waals surface area contributed by atoms with Crippen molar-refractivity contribution in [1.29, 1.82) is 0 Å². The standard InChI is InChI=1S/C21H26F3N5O2/c22-21(23,24)18-13-16(15-5-2-1-3-6-15)26-19-14-17(27-29(18)19)20(30)25-7-4-8-28-9-11-31-12-10-28/h1-3,5-6,14,16,18,26H,4,7-13H2,(H,25,30)/t16-,18-/m1/s1. The molecule has 1 fully saturated rings. The molecule has 2 aliphatic rings. The summed E-state index contributed by atoms with van der Waals surface area (Å²) in [6, 6.07) is 8.07. The van der Waals surface area contributed by atoms with E-state index >= 15 is 0 Å². The van der Waals surface area contributed by atoms with Crippen molar-refractivity contribution in [2.75, 3.05) is 44.7 Å². The highest BCUT2D eigenvalue weighted by atomic mass is 19.4. The first-order valence-corrected chi connectivity index (χ1v) is 10.5. The van der Waals surface area contributed by atoms with Crippen LogP contribution in [0, 0.1) is 0 Å². The van der Waals surface area contributed by atoms with E-state index < -0.39 is 24.2 Å². The summed E-state index contributed by atoms with van der Waals surface area (Å²) >= 11 is 0. The van der Waals surface area contributed by atoms with Crippen LogP contribution in [0.1, 0.15) is 41.0 Å². The molecular formula is C21H26F3N5O2. The van der Waals surface area contributed by atoms with Crippen LogP contribution in [0.5, 0.6) is 0 Å². The highest BCUT2D eigenvalue weighted by Gasteiger charge is 2.46. The van der Waals surface area contributed by atoms with E-state index in [1.165, 1.54) is 6.07 Å². The fraction of sp³-hybridized carbons (Fsp3) is 0.524. The first-order valence-electron chi connectivity index (χ1n) is 10.5. The van der Waals surface area contributed by atoms with Gasteiger partial charge in [-0.3, -0.25) is 9.69 Å². The number of benzene rings is 1. The van der Waals surface area contributed by atoms with Gasteiger partial charge in [0.15, 0.2) is 11.7 Å². The smallest absolute Gasteiger partial charge is 0.379 e. The number of anilines is 1. The van der Waals surface area contributed by atoms with E-state index in [2.05, 4.69) is 20.6 Å². The zero-order valence-electron chi connectivity index (χ0n) is 17.1. The molecule has 2 aliphatic heterocycles. The first kappa shape index (κ1) is 21.6. The number of hydrogen-bond acceptors (Lipinski definition) is 5. The normalized spacial score (nSPS) is 21.9. The SMILES string of the molecule is O=C(NCCCN1CCOCC1)c1cc2n(n1)[C@@H](C(F)(F)F)C[C@H](c1ccccc1)N2. The zero-order chi connectivity index (χ0) is 21.8. The van der Waals surface area contributed by atoms with Crippen LogP contribution in [0.3, 0.4) is 0 Å². The molecular weight excluding hydrogens is 411 g/mol. The lowest BCUT2D eigenvalue weighted by molar-refractivity contribution is -0.173. The third-order valence-electron chi connectivity index (χ3n) is 5.66. The van der Waals surface area contributed by atoms with E-state index in [4.69, 9.17) is 4.74 Å².